The van der Waals surface area contributed by atoms with Crippen molar-refractivity contribution in [3.05, 3.63) is 0 Å². The smallest absolute Gasteiger partial charge is 0.187 e. The lowest BCUT2D eigenvalue weighted by Crippen LogP contribution is -2.71. The molecule has 4 aliphatic rings. The van der Waals surface area contributed by atoms with Gasteiger partial charge in [0.15, 0.2) is 18.9 Å². The van der Waals surface area contributed by atoms with E-state index in [1.165, 1.54) is 0 Å². The molecular formula is C25H44O21. The Labute approximate surface area is 260 Å². The lowest BCUT2D eigenvalue weighted by atomic mass is 9.76. The van der Waals surface area contributed by atoms with E-state index in [4.69, 9.17) is 28.4 Å². The zero-order valence-electron chi connectivity index (χ0n) is 24.3. The largest absolute Gasteiger partial charge is 0.394 e. The molecule has 270 valence electrons. The second-order valence-electron chi connectivity index (χ2n) is 12.1. The van der Waals surface area contributed by atoms with Crippen LogP contribution in [0.1, 0.15) is 6.92 Å². The van der Waals surface area contributed by atoms with Crippen molar-refractivity contribution in [2.75, 3.05) is 19.8 Å². The van der Waals surface area contributed by atoms with Crippen LogP contribution < -0.4 is 0 Å². The number of rotatable bonds is 9. The number of aliphatic hydroxyl groups excluding tert-OH is 14. The van der Waals surface area contributed by atoms with Crippen molar-refractivity contribution >= 4 is 0 Å². The Morgan fingerprint density at radius 3 is 1.24 bits per heavy atom. The monoisotopic (exact) mass is 680 g/mol. The number of hydrogen-bond acceptors (Lipinski definition) is 21. The molecule has 21 nitrogen and oxygen atoms in total. The van der Waals surface area contributed by atoms with Gasteiger partial charge in [0.25, 0.3) is 0 Å². The average molecular weight is 681 g/mol. The molecular weight excluding hydrogens is 636 g/mol. The Hall–Kier alpha value is -0.840. The van der Waals surface area contributed by atoms with Gasteiger partial charge < -0.3 is 105 Å². The van der Waals surface area contributed by atoms with Gasteiger partial charge in [-0.1, -0.05) is 0 Å². The van der Waals surface area contributed by atoms with Gasteiger partial charge in [-0.05, 0) is 6.92 Å². The Morgan fingerprint density at radius 1 is 0.478 bits per heavy atom. The van der Waals surface area contributed by atoms with Crippen molar-refractivity contribution in [2.45, 2.75) is 135 Å². The summed E-state index contributed by atoms with van der Waals surface area (Å²) < 4.78 is 32.2. The molecule has 0 radical (unpaired) electrons. The molecule has 0 amide bonds. The van der Waals surface area contributed by atoms with Crippen LogP contribution in [-0.4, -0.2) is 225 Å². The first-order valence-electron chi connectivity index (χ1n) is 14.5. The Bertz CT molecular complexity index is 956. The van der Waals surface area contributed by atoms with Crippen LogP contribution in [0.2, 0.25) is 0 Å². The van der Waals surface area contributed by atoms with E-state index in [9.17, 15) is 76.6 Å². The Kier molecular flexibility index (Phi) is 12.3. The van der Waals surface area contributed by atoms with Gasteiger partial charge in [0.1, 0.15) is 109 Å². The quantitative estimate of drug-likeness (QED) is 0.107. The van der Waals surface area contributed by atoms with E-state index in [1.54, 1.807) is 0 Å². The lowest BCUT2D eigenvalue weighted by Gasteiger charge is -2.49. The van der Waals surface area contributed by atoms with E-state index in [0.29, 0.717) is 0 Å². The first-order chi connectivity index (χ1) is 21.4. The maximum Gasteiger partial charge on any atom is 0.187 e. The molecule has 15 N–H and O–H groups in total. The summed E-state index contributed by atoms with van der Waals surface area (Å²) in [4.78, 5) is 0. The van der Waals surface area contributed by atoms with Crippen molar-refractivity contribution in [3.8, 4) is 0 Å². The van der Waals surface area contributed by atoms with Gasteiger partial charge in [0, 0.05) is 0 Å². The first-order valence-corrected chi connectivity index (χ1v) is 14.5. The highest BCUT2D eigenvalue weighted by molar-refractivity contribution is 5.07. The molecule has 0 aromatic carbocycles. The summed E-state index contributed by atoms with van der Waals surface area (Å²) in [5, 5.41) is 153. The van der Waals surface area contributed by atoms with Crippen molar-refractivity contribution in [3.63, 3.8) is 0 Å². The van der Waals surface area contributed by atoms with Gasteiger partial charge in [-0.2, -0.15) is 0 Å². The molecule has 1 aliphatic carbocycles. The van der Waals surface area contributed by atoms with Crippen molar-refractivity contribution in [1.82, 2.24) is 0 Å². The zero-order chi connectivity index (χ0) is 34.4. The van der Waals surface area contributed by atoms with E-state index < -0.39 is 148 Å². The Morgan fingerprint density at radius 2 is 0.826 bits per heavy atom. The van der Waals surface area contributed by atoms with Crippen LogP contribution >= 0.6 is 0 Å². The highest BCUT2D eigenvalue weighted by atomic mass is 16.7. The molecule has 21 heteroatoms. The highest BCUT2D eigenvalue weighted by Gasteiger charge is 2.58. The van der Waals surface area contributed by atoms with E-state index >= 15 is 0 Å². The fraction of sp³-hybridized carbons (Fsp3) is 1.00. The minimum absolute atomic E-state index is 0.659. The van der Waals surface area contributed by atoms with E-state index in [2.05, 4.69) is 0 Å². The van der Waals surface area contributed by atoms with Gasteiger partial charge in [-0.3, -0.25) is 0 Å². The molecule has 3 saturated heterocycles. The third-order valence-corrected chi connectivity index (χ3v) is 8.84. The van der Waals surface area contributed by atoms with Crippen LogP contribution in [0.25, 0.3) is 0 Å². The normalized spacial score (nSPS) is 55.3. The summed E-state index contributed by atoms with van der Waals surface area (Å²) in [6, 6.07) is 0. The molecule has 46 heavy (non-hydrogen) atoms. The van der Waals surface area contributed by atoms with E-state index in [0.717, 1.165) is 6.92 Å². The summed E-state index contributed by atoms with van der Waals surface area (Å²) in [7, 11) is 0. The van der Waals surface area contributed by atoms with Gasteiger partial charge in [-0.15, -0.1) is 0 Å². The standard InChI is InChI=1S/C25H44O21/c1-25(40)20(38)17(36)19(18(37)21(25)39)46-24-16(35)13(32)10(29)7(45-24)4-42-23-15(34)12(31)9(28)6(44-23)3-41-22-14(33)11(30)8(27)5(2-26)43-22/h5-24,26-40H,2-4H2,1H3/t5?,6?,7?,8-,9-,10-,11+,12+,13+,14?,15?,16?,17+,18?,19?,20?,21?,22-,23-,24-,25?/m0/s1. The molecule has 3 aliphatic heterocycles. The minimum Gasteiger partial charge on any atom is -0.394 e. The summed E-state index contributed by atoms with van der Waals surface area (Å²) >= 11 is 0. The Balaban J connectivity index is 1.38. The molecule has 4 rings (SSSR count). The van der Waals surface area contributed by atoms with Crippen LogP contribution in [0, 0.1) is 0 Å². The topological polar surface area (TPSA) is 359 Å². The summed E-state index contributed by atoms with van der Waals surface area (Å²) in [6.07, 6.45) is -36.4. The molecule has 3 heterocycles. The predicted octanol–water partition coefficient (Wildman–Crippen LogP) is -9.97. The maximum atomic E-state index is 10.5. The van der Waals surface area contributed by atoms with Crippen molar-refractivity contribution in [1.29, 1.82) is 0 Å². The lowest BCUT2D eigenvalue weighted by molar-refractivity contribution is -0.358. The summed E-state index contributed by atoms with van der Waals surface area (Å²) in [5.41, 5.74) is -2.35. The van der Waals surface area contributed by atoms with Crippen molar-refractivity contribution in [2.24, 2.45) is 0 Å². The SMILES string of the molecule is CC1(O)C(O)C(O)C(O[C@@H]2OC(CO[C@H]3OC(CO[C@H]4OC(CO)[C@H](O)[C@@H](O)C4O)[C@H](O)[C@@H](O)C3O)[C@H](O)[C@@H](O)C2O)[C@@H](O)C1O. The summed E-state index contributed by atoms with van der Waals surface area (Å²) in [5.74, 6) is 0. The van der Waals surface area contributed by atoms with Crippen LogP contribution in [0.3, 0.4) is 0 Å². The van der Waals surface area contributed by atoms with Crippen molar-refractivity contribution < 1.29 is 105 Å². The molecule has 0 spiro atoms. The highest BCUT2D eigenvalue weighted by Crippen LogP contribution is 2.34. The first kappa shape index (κ1) is 38.0. The van der Waals surface area contributed by atoms with E-state index in [1.807, 2.05) is 0 Å². The average Bonchev–Trinajstić information content (AvgIpc) is 3.03. The van der Waals surface area contributed by atoms with Crippen LogP contribution in [0.4, 0.5) is 0 Å². The molecule has 1 saturated carbocycles. The third-order valence-electron chi connectivity index (χ3n) is 8.84. The van der Waals surface area contributed by atoms with Gasteiger partial charge in [0.05, 0.1) is 19.8 Å². The molecule has 4 fully saturated rings. The number of hydrogen-bond donors (Lipinski definition) is 15. The zero-order valence-corrected chi connectivity index (χ0v) is 24.3. The number of ether oxygens (including phenoxy) is 6. The maximum absolute atomic E-state index is 10.5. The van der Waals surface area contributed by atoms with Crippen LogP contribution in [0.5, 0.6) is 0 Å². The molecule has 0 aromatic heterocycles. The minimum atomic E-state index is -2.35. The molecule has 0 bridgehead atoms. The van der Waals surface area contributed by atoms with Gasteiger partial charge in [-0.25, -0.2) is 0 Å². The second-order valence-corrected chi connectivity index (χ2v) is 12.1. The molecule has 11 unspecified atom stereocenters. The van der Waals surface area contributed by atoms with E-state index in [-0.39, 0.29) is 0 Å². The number of aliphatic hydroxyl groups is 15. The summed E-state index contributed by atoms with van der Waals surface area (Å²) in [6.45, 7) is -1.21. The fourth-order valence-electron chi connectivity index (χ4n) is 5.69. The van der Waals surface area contributed by atoms with Gasteiger partial charge in [0.2, 0.25) is 0 Å². The molecule has 0 aromatic rings. The second kappa shape index (κ2) is 15.0. The van der Waals surface area contributed by atoms with Crippen LogP contribution in [0.15, 0.2) is 0 Å². The van der Waals surface area contributed by atoms with Gasteiger partial charge >= 0.3 is 0 Å². The third kappa shape index (κ3) is 7.21. The fourth-order valence-corrected chi connectivity index (χ4v) is 5.69. The molecule has 21 atom stereocenters. The van der Waals surface area contributed by atoms with Crippen LogP contribution in [-0.2, 0) is 28.4 Å². The predicted molar refractivity (Wildman–Crippen MR) is 139 cm³/mol.